The zero-order valence-corrected chi connectivity index (χ0v) is 20.6. The number of halogens is 2. The Morgan fingerprint density at radius 1 is 0.971 bits per heavy atom. The van der Waals surface area contributed by atoms with Gasteiger partial charge in [-0.05, 0) is 55.2 Å². The number of hydrogen-bond acceptors (Lipinski definition) is 3. The lowest BCUT2D eigenvalue weighted by Crippen LogP contribution is -2.51. The molecule has 8 heteroatoms. The largest absolute Gasteiger partial charge is 0.366 e. The smallest absolute Gasteiger partial charge is 0.270 e. The highest BCUT2D eigenvalue weighted by Gasteiger charge is 2.33. The first-order valence-electron chi connectivity index (χ1n) is 12.3. The van der Waals surface area contributed by atoms with Gasteiger partial charge < -0.3 is 19.7 Å². The van der Waals surface area contributed by atoms with Gasteiger partial charge in [0.1, 0.15) is 11.5 Å². The maximum absolute atomic E-state index is 14.1. The fourth-order valence-corrected chi connectivity index (χ4v) is 5.54. The van der Waals surface area contributed by atoms with E-state index in [0.717, 1.165) is 23.7 Å². The molecular weight excluding hydrogens is 467 g/mol. The number of rotatable bonds is 4. The minimum Gasteiger partial charge on any atom is -0.366 e. The third kappa shape index (κ3) is 4.87. The zero-order chi connectivity index (χ0) is 24.5. The summed E-state index contributed by atoms with van der Waals surface area (Å²) < 4.78 is 14.1. The van der Waals surface area contributed by atoms with Crippen molar-refractivity contribution < 1.29 is 14.0 Å². The van der Waals surface area contributed by atoms with Gasteiger partial charge in [0.15, 0.2) is 0 Å². The summed E-state index contributed by atoms with van der Waals surface area (Å²) in [7, 11) is 0. The number of nitrogens with zero attached hydrogens (tertiary/aromatic N) is 3. The molecule has 1 N–H and O–H groups in total. The molecule has 0 aliphatic carbocycles. The summed E-state index contributed by atoms with van der Waals surface area (Å²) >= 11 is 6.07. The number of anilines is 1. The molecule has 35 heavy (non-hydrogen) atoms. The Morgan fingerprint density at radius 3 is 2.40 bits per heavy atom. The van der Waals surface area contributed by atoms with Crippen LogP contribution >= 0.6 is 11.6 Å². The number of amides is 2. The van der Waals surface area contributed by atoms with Crippen LogP contribution in [0, 0.1) is 17.7 Å². The maximum Gasteiger partial charge on any atom is 0.270 e. The molecule has 1 aromatic heterocycles. The van der Waals surface area contributed by atoms with Crippen molar-refractivity contribution in [3.63, 3.8) is 0 Å². The number of carbonyl (C=O) groups is 2. The lowest BCUT2D eigenvalue weighted by atomic mass is 9.84. The molecule has 0 radical (unpaired) electrons. The normalized spacial score (nSPS) is 18.2. The maximum atomic E-state index is 14.1. The van der Waals surface area contributed by atoms with Crippen LogP contribution in [-0.4, -0.2) is 65.9 Å². The third-order valence-corrected chi connectivity index (χ3v) is 7.76. The van der Waals surface area contributed by atoms with E-state index in [1.54, 1.807) is 18.2 Å². The third-order valence-electron chi connectivity index (χ3n) is 7.52. The molecule has 3 aromatic rings. The molecule has 0 bridgehead atoms. The Hall–Kier alpha value is -3.06. The first-order chi connectivity index (χ1) is 16.9. The molecule has 2 amide bonds. The number of aromatic amines is 1. The van der Waals surface area contributed by atoms with Crippen molar-refractivity contribution >= 4 is 40.0 Å². The van der Waals surface area contributed by atoms with Gasteiger partial charge >= 0.3 is 0 Å². The number of piperazine rings is 1. The second-order valence-corrected chi connectivity index (χ2v) is 10.0. The molecule has 6 nitrogen and oxygen atoms in total. The van der Waals surface area contributed by atoms with Crippen LogP contribution in [0.3, 0.4) is 0 Å². The van der Waals surface area contributed by atoms with Crippen molar-refractivity contribution in [2.24, 2.45) is 11.8 Å². The summed E-state index contributed by atoms with van der Waals surface area (Å²) in [6.07, 6.45) is 1.61. The molecule has 2 aliphatic rings. The summed E-state index contributed by atoms with van der Waals surface area (Å²) in [5.41, 5.74) is 2.06. The fourth-order valence-electron chi connectivity index (χ4n) is 5.36. The van der Waals surface area contributed by atoms with Crippen molar-refractivity contribution in [3.05, 3.63) is 65.1 Å². The Kier molecular flexibility index (Phi) is 6.69. The first-order valence-corrected chi connectivity index (χ1v) is 12.6. The molecular formula is C27H30ClFN4O2. The van der Waals surface area contributed by atoms with Crippen molar-refractivity contribution in [2.75, 3.05) is 44.2 Å². The quantitative estimate of drug-likeness (QED) is 0.564. The van der Waals surface area contributed by atoms with E-state index in [-0.39, 0.29) is 29.5 Å². The van der Waals surface area contributed by atoms with Crippen molar-refractivity contribution in [3.8, 4) is 0 Å². The lowest BCUT2D eigenvalue weighted by Gasteiger charge is -2.40. The second-order valence-electron chi connectivity index (χ2n) is 9.60. The van der Waals surface area contributed by atoms with E-state index in [9.17, 15) is 14.0 Å². The number of likely N-dealkylation sites (tertiary alicyclic amines) is 1. The van der Waals surface area contributed by atoms with E-state index in [2.05, 4.69) is 4.98 Å². The lowest BCUT2D eigenvalue weighted by molar-refractivity contribution is -0.137. The van der Waals surface area contributed by atoms with Crippen LogP contribution in [-0.2, 0) is 4.79 Å². The van der Waals surface area contributed by atoms with Gasteiger partial charge in [-0.1, -0.05) is 30.7 Å². The summed E-state index contributed by atoms with van der Waals surface area (Å²) in [5.74, 6) is 0.0767. The standard InChI is InChI=1S/C27H30ClFN4O2/c1-18(26(34)33-14-12-31(13-15-33)25-5-3-2-4-22(25)29)19-8-10-32(11-9-19)27(35)24-17-20-16-21(28)6-7-23(20)30-24/h2-7,16-19,30H,8-15H2,1H3. The van der Waals surface area contributed by atoms with Gasteiger partial charge in [-0.15, -0.1) is 0 Å². The Labute approximate surface area is 209 Å². The number of aromatic nitrogens is 1. The highest BCUT2D eigenvalue weighted by atomic mass is 35.5. The number of fused-ring (bicyclic) bond motifs is 1. The van der Waals surface area contributed by atoms with Gasteiger partial charge in [0.05, 0.1) is 5.69 Å². The summed E-state index contributed by atoms with van der Waals surface area (Å²) in [4.78, 5) is 35.2. The van der Waals surface area contributed by atoms with Gasteiger partial charge in [0.2, 0.25) is 5.91 Å². The summed E-state index contributed by atoms with van der Waals surface area (Å²) in [6, 6.07) is 14.2. The summed E-state index contributed by atoms with van der Waals surface area (Å²) in [6.45, 7) is 5.73. The Bertz CT molecular complexity index is 1230. The van der Waals surface area contributed by atoms with Crippen LogP contribution < -0.4 is 4.90 Å². The van der Waals surface area contributed by atoms with Gasteiger partial charge in [-0.25, -0.2) is 4.39 Å². The predicted octanol–water partition coefficient (Wildman–Crippen LogP) is 4.80. The first kappa shape index (κ1) is 23.7. The molecule has 2 aromatic carbocycles. The number of para-hydroxylation sites is 1. The number of piperidine rings is 1. The molecule has 5 rings (SSSR count). The minimum absolute atomic E-state index is 0.0148. The number of H-pyrrole nitrogens is 1. The molecule has 2 saturated heterocycles. The molecule has 2 fully saturated rings. The van der Waals surface area contributed by atoms with Crippen LogP contribution in [0.5, 0.6) is 0 Å². The number of hydrogen-bond donors (Lipinski definition) is 1. The highest BCUT2D eigenvalue weighted by Crippen LogP contribution is 2.29. The number of benzene rings is 2. The van der Waals surface area contributed by atoms with Gasteiger partial charge in [0, 0.05) is 61.1 Å². The summed E-state index contributed by atoms with van der Waals surface area (Å²) in [5, 5.41) is 1.56. The fraction of sp³-hybridized carbons (Fsp3) is 0.407. The highest BCUT2D eigenvalue weighted by molar-refractivity contribution is 6.31. The van der Waals surface area contributed by atoms with E-state index in [4.69, 9.17) is 11.6 Å². The monoisotopic (exact) mass is 496 g/mol. The van der Waals surface area contributed by atoms with Gasteiger partial charge in [-0.2, -0.15) is 0 Å². The van der Waals surface area contributed by atoms with Gasteiger partial charge in [-0.3, -0.25) is 9.59 Å². The van der Waals surface area contributed by atoms with E-state index < -0.39 is 0 Å². The van der Waals surface area contributed by atoms with Crippen molar-refractivity contribution in [1.29, 1.82) is 0 Å². The molecule has 0 spiro atoms. The Morgan fingerprint density at radius 2 is 1.69 bits per heavy atom. The van der Waals surface area contributed by atoms with Crippen LogP contribution in [0.4, 0.5) is 10.1 Å². The van der Waals surface area contributed by atoms with E-state index in [1.165, 1.54) is 6.07 Å². The van der Waals surface area contributed by atoms with E-state index >= 15 is 0 Å². The number of nitrogens with one attached hydrogen (secondary N) is 1. The van der Waals surface area contributed by atoms with Crippen molar-refractivity contribution in [2.45, 2.75) is 19.8 Å². The molecule has 3 heterocycles. The zero-order valence-electron chi connectivity index (χ0n) is 19.8. The molecule has 1 atom stereocenters. The Balaban J connectivity index is 1.14. The topological polar surface area (TPSA) is 59.7 Å². The molecule has 1 unspecified atom stereocenters. The van der Waals surface area contributed by atoms with Crippen LogP contribution in [0.1, 0.15) is 30.3 Å². The second kappa shape index (κ2) is 9.90. The average Bonchev–Trinajstić information content (AvgIpc) is 3.31. The van der Waals surface area contributed by atoms with E-state index in [0.29, 0.717) is 55.7 Å². The van der Waals surface area contributed by atoms with E-state index in [1.807, 2.05) is 45.9 Å². The number of carbonyl (C=O) groups excluding carboxylic acids is 2. The average molecular weight is 497 g/mol. The van der Waals surface area contributed by atoms with Crippen LogP contribution in [0.25, 0.3) is 10.9 Å². The molecule has 0 saturated carbocycles. The minimum atomic E-state index is -0.224. The SMILES string of the molecule is CC(C(=O)N1CCN(c2ccccc2F)CC1)C1CCN(C(=O)c2cc3cc(Cl)ccc3[nH]2)CC1. The molecule has 184 valence electrons. The molecule has 2 aliphatic heterocycles. The van der Waals surface area contributed by atoms with Crippen molar-refractivity contribution in [1.82, 2.24) is 14.8 Å². The predicted molar refractivity (Wildman–Crippen MR) is 136 cm³/mol. The van der Waals surface area contributed by atoms with Crippen LogP contribution in [0.2, 0.25) is 5.02 Å². The van der Waals surface area contributed by atoms with Gasteiger partial charge in [0.25, 0.3) is 5.91 Å². The van der Waals surface area contributed by atoms with Crippen LogP contribution in [0.15, 0.2) is 48.5 Å².